The molecule has 2 aliphatic rings. The van der Waals surface area contributed by atoms with Gasteiger partial charge in [-0.15, -0.1) is 0 Å². The van der Waals surface area contributed by atoms with Gasteiger partial charge < -0.3 is 20.3 Å². The molecule has 2 amide bonds. The fraction of sp³-hybridized carbons (Fsp3) is 0.375. The van der Waals surface area contributed by atoms with Crippen molar-refractivity contribution in [2.75, 3.05) is 23.4 Å². The van der Waals surface area contributed by atoms with E-state index in [1.165, 1.54) is 5.56 Å². The smallest absolute Gasteiger partial charge is 0.338 e. The number of benzene rings is 2. The number of anilines is 2. The molecule has 0 aromatic heterocycles. The Morgan fingerprint density at radius 3 is 2.74 bits per heavy atom. The maximum atomic E-state index is 12.4. The first kappa shape index (κ1) is 20.9. The van der Waals surface area contributed by atoms with Crippen LogP contribution in [-0.4, -0.2) is 37.0 Å². The van der Waals surface area contributed by atoms with E-state index in [-0.39, 0.29) is 30.5 Å². The molecule has 1 saturated heterocycles. The standard InChI is InChI=1S/C24H27N3O4/c1-3-16-6-8-17(9-7-16)15(2)25-22(28)14-31-24(30)18-10-11-20-19(13-18)26-23(29)21-5-4-12-27(20)21/h6-11,13,15,21H,3-5,12,14H2,1-2H3,(H,25,28)(H,26,29)/t15-,21-/m1/s1. The lowest BCUT2D eigenvalue weighted by Gasteiger charge is -2.33. The third-order valence-electron chi connectivity index (χ3n) is 5.95. The van der Waals surface area contributed by atoms with Crippen molar-refractivity contribution >= 4 is 29.2 Å². The van der Waals surface area contributed by atoms with Gasteiger partial charge in [0.25, 0.3) is 5.91 Å². The van der Waals surface area contributed by atoms with Crippen molar-refractivity contribution in [2.45, 2.75) is 45.2 Å². The highest BCUT2D eigenvalue weighted by molar-refractivity contribution is 6.05. The lowest BCUT2D eigenvalue weighted by atomic mass is 10.1. The second-order valence-corrected chi connectivity index (χ2v) is 8.03. The second-order valence-electron chi connectivity index (χ2n) is 8.03. The maximum absolute atomic E-state index is 12.4. The van der Waals surface area contributed by atoms with Crippen LogP contribution < -0.4 is 15.5 Å². The molecule has 2 aromatic rings. The maximum Gasteiger partial charge on any atom is 0.338 e. The van der Waals surface area contributed by atoms with Crippen LogP contribution in [0.15, 0.2) is 42.5 Å². The summed E-state index contributed by atoms with van der Waals surface area (Å²) in [6, 6.07) is 12.8. The number of ether oxygens (including phenoxy) is 1. The molecule has 7 heteroatoms. The number of fused-ring (bicyclic) bond motifs is 3. The fourth-order valence-corrected chi connectivity index (χ4v) is 4.18. The van der Waals surface area contributed by atoms with Crippen molar-refractivity contribution in [2.24, 2.45) is 0 Å². The Bertz CT molecular complexity index is 1000. The number of carbonyl (C=O) groups excluding carboxylic acids is 3. The summed E-state index contributed by atoms with van der Waals surface area (Å²) < 4.78 is 5.19. The second kappa shape index (κ2) is 8.79. The number of amides is 2. The first-order valence-electron chi connectivity index (χ1n) is 10.7. The van der Waals surface area contributed by atoms with Crippen LogP contribution in [0, 0.1) is 0 Å². The predicted molar refractivity (Wildman–Crippen MR) is 118 cm³/mol. The number of nitrogens with zero attached hydrogens (tertiary/aromatic N) is 1. The van der Waals surface area contributed by atoms with E-state index in [4.69, 9.17) is 4.74 Å². The van der Waals surface area contributed by atoms with E-state index in [0.29, 0.717) is 11.3 Å². The largest absolute Gasteiger partial charge is 0.452 e. The Kier molecular flexibility index (Phi) is 5.93. The quantitative estimate of drug-likeness (QED) is 0.700. The summed E-state index contributed by atoms with van der Waals surface area (Å²) in [4.78, 5) is 39.0. The van der Waals surface area contributed by atoms with E-state index in [2.05, 4.69) is 22.5 Å². The third kappa shape index (κ3) is 4.40. The van der Waals surface area contributed by atoms with Gasteiger partial charge in [0.15, 0.2) is 6.61 Å². The summed E-state index contributed by atoms with van der Waals surface area (Å²) in [6.45, 7) is 4.44. The van der Waals surface area contributed by atoms with Crippen LogP contribution in [0.25, 0.3) is 0 Å². The van der Waals surface area contributed by atoms with Gasteiger partial charge in [-0.2, -0.15) is 0 Å². The molecule has 4 rings (SSSR count). The molecular weight excluding hydrogens is 394 g/mol. The summed E-state index contributed by atoms with van der Waals surface area (Å²) in [7, 11) is 0. The van der Waals surface area contributed by atoms with Crippen LogP contribution in [0.1, 0.15) is 54.2 Å². The number of aryl methyl sites for hydroxylation is 1. The van der Waals surface area contributed by atoms with E-state index >= 15 is 0 Å². The lowest BCUT2D eigenvalue weighted by Crippen LogP contribution is -2.43. The molecule has 2 aliphatic heterocycles. The Hall–Kier alpha value is -3.35. The van der Waals surface area contributed by atoms with Crippen LogP contribution in [-0.2, 0) is 20.7 Å². The highest BCUT2D eigenvalue weighted by Gasteiger charge is 2.36. The molecule has 1 fully saturated rings. The monoisotopic (exact) mass is 421 g/mol. The summed E-state index contributed by atoms with van der Waals surface area (Å²) in [5, 5.41) is 5.72. The molecule has 31 heavy (non-hydrogen) atoms. The fourth-order valence-electron chi connectivity index (χ4n) is 4.18. The minimum Gasteiger partial charge on any atom is -0.452 e. The van der Waals surface area contributed by atoms with Gasteiger partial charge in [-0.05, 0) is 55.5 Å². The number of nitrogens with one attached hydrogen (secondary N) is 2. The van der Waals surface area contributed by atoms with E-state index in [1.54, 1.807) is 12.1 Å². The first-order valence-corrected chi connectivity index (χ1v) is 10.7. The number of hydrogen-bond acceptors (Lipinski definition) is 5. The average molecular weight is 421 g/mol. The topological polar surface area (TPSA) is 87.7 Å². The summed E-state index contributed by atoms with van der Waals surface area (Å²) >= 11 is 0. The van der Waals surface area contributed by atoms with Gasteiger partial charge in [0.2, 0.25) is 5.91 Å². The summed E-state index contributed by atoms with van der Waals surface area (Å²) in [6.07, 6.45) is 2.77. The van der Waals surface area contributed by atoms with Crippen LogP contribution >= 0.6 is 0 Å². The molecule has 2 atom stereocenters. The Morgan fingerprint density at radius 1 is 1.23 bits per heavy atom. The molecule has 162 valence electrons. The molecule has 2 aromatic carbocycles. The van der Waals surface area contributed by atoms with Crippen molar-refractivity contribution in [1.29, 1.82) is 0 Å². The molecule has 7 nitrogen and oxygen atoms in total. The number of rotatable bonds is 6. The van der Waals surface area contributed by atoms with Gasteiger partial charge in [-0.1, -0.05) is 31.2 Å². The van der Waals surface area contributed by atoms with Crippen LogP contribution in [0.2, 0.25) is 0 Å². The molecule has 0 unspecified atom stereocenters. The van der Waals surface area contributed by atoms with Crippen molar-refractivity contribution in [3.05, 3.63) is 59.2 Å². The molecule has 0 spiro atoms. The van der Waals surface area contributed by atoms with Crippen molar-refractivity contribution in [3.63, 3.8) is 0 Å². The lowest BCUT2D eigenvalue weighted by molar-refractivity contribution is -0.124. The summed E-state index contributed by atoms with van der Waals surface area (Å²) in [5.74, 6) is -1.02. The van der Waals surface area contributed by atoms with Crippen LogP contribution in [0.5, 0.6) is 0 Å². The highest BCUT2D eigenvalue weighted by Crippen LogP contribution is 2.37. The molecule has 0 bridgehead atoms. The number of carbonyl (C=O) groups is 3. The molecular formula is C24H27N3O4. The number of esters is 1. The Labute approximate surface area is 181 Å². The predicted octanol–water partition coefficient (Wildman–Crippen LogP) is 3.20. The van der Waals surface area contributed by atoms with E-state index < -0.39 is 5.97 Å². The normalized spacial score (nSPS) is 17.9. The van der Waals surface area contributed by atoms with Crippen LogP contribution in [0.3, 0.4) is 0 Å². The van der Waals surface area contributed by atoms with Crippen molar-refractivity contribution < 1.29 is 19.1 Å². The number of hydrogen-bond donors (Lipinski definition) is 2. The van der Waals surface area contributed by atoms with Gasteiger partial charge in [0.05, 0.1) is 23.0 Å². The van der Waals surface area contributed by atoms with Gasteiger partial charge in [0.1, 0.15) is 6.04 Å². The molecule has 2 heterocycles. The van der Waals surface area contributed by atoms with E-state index in [9.17, 15) is 14.4 Å². The zero-order chi connectivity index (χ0) is 22.0. The Morgan fingerprint density at radius 2 is 2.00 bits per heavy atom. The van der Waals surface area contributed by atoms with Crippen molar-refractivity contribution in [3.8, 4) is 0 Å². The third-order valence-corrected chi connectivity index (χ3v) is 5.95. The SMILES string of the molecule is CCc1ccc([C@@H](C)NC(=O)COC(=O)c2ccc3c(c2)NC(=O)[C@H]2CCCN32)cc1. The van der Waals surface area contributed by atoms with Crippen molar-refractivity contribution in [1.82, 2.24) is 5.32 Å². The van der Waals surface area contributed by atoms with Gasteiger partial charge in [-0.3, -0.25) is 9.59 Å². The average Bonchev–Trinajstić information content (AvgIpc) is 3.28. The van der Waals surface area contributed by atoms with Gasteiger partial charge in [-0.25, -0.2) is 4.79 Å². The highest BCUT2D eigenvalue weighted by atomic mass is 16.5. The van der Waals surface area contributed by atoms with Crippen LogP contribution in [0.4, 0.5) is 11.4 Å². The Balaban J connectivity index is 1.34. The van der Waals surface area contributed by atoms with E-state index in [0.717, 1.165) is 37.1 Å². The zero-order valence-corrected chi connectivity index (χ0v) is 17.8. The molecule has 0 aliphatic carbocycles. The zero-order valence-electron chi connectivity index (χ0n) is 17.8. The first-order chi connectivity index (χ1) is 15.0. The van der Waals surface area contributed by atoms with E-state index in [1.807, 2.05) is 37.3 Å². The minimum atomic E-state index is -0.601. The molecule has 0 saturated carbocycles. The van der Waals surface area contributed by atoms with Gasteiger partial charge >= 0.3 is 5.97 Å². The summed E-state index contributed by atoms with van der Waals surface area (Å²) in [5.41, 5.74) is 4.04. The van der Waals surface area contributed by atoms with Gasteiger partial charge in [0, 0.05) is 6.54 Å². The minimum absolute atomic E-state index is 0.0455. The molecule has 0 radical (unpaired) electrons. The molecule has 2 N–H and O–H groups in total.